The van der Waals surface area contributed by atoms with E-state index < -0.39 is 0 Å². The number of pyridine rings is 1. The molecule has 9 heavy (non-hydrogen) atoms. The minimum Gasteiger partial charge on any atom is -1.00 e. The van der Waals surface area contributed by atoms with Crippen molar-refractivity contribution in [2.75, 3.05) is 0 Å². The minimum absolute atomic E-state index is 0. The number of hydrogen-bond donors (Lipinski definition) is 0. The summed E-state index contributed by atoms with van der Waals surface area (Å²) >= 11 is 0. The first-order valence-corrected chi connectivity index (χ1v) is 2.41. The van der Waals surface area contributed by atoms with E-state index in [1.54, 1.807) is 25.4 Å². The topological polar surface area (TPSA) is 3.88 Å². The zero-order chi connectivity index (χ0) is 5.98. The first-order valence-electron chi connectivity index (χ1n) is 2.41. The maximum Gasteiger partial charge on any atom is 0.359 e. The van der Waals surface area contributed by atoms with Crippen LogP contribution in [0.3, 0.4) is 0 Å². The lowest BCUT2D eigenvalue weighted by Crippen LogP contribution is -3.00. The molecule has 1 aromatic heterocycles. The largest absolute Gasteiger partial charge is 1.00 e. The van der Waals surface area contributed by atoms with Crippen LogP contribution in [-0.4, -0.2) is 0 Å². The fraction of sp³-hybridized carbons (Fsp3) is 0.167. The second kappa shape index (κ2) is 3.41. The van der Waals surface area contributed by atoms with Crippen molar-refractivity contribution in [3.05, 3.63) is 30.3 Å². The summed E-state index contributed by atoms with van der Waals surface area (Å²) in [5, 5.41) is 0. The molecular weight excluding hydrogens is 141 g/mol. The van der Waals surface area contributed by atoms with Gasteiger partial charge in [0.1, 0.15) is 7.05 Å². The highest BCUT2D eigenvalue weighted by Gasteiger charge is 1.97. The Kier molecular flexibility index (Phi) is 3.17. The van der Waals surface area contributed by atoms with Gasteiger partial charge in [-0.2, -0.15) is 4.57 Å². The van der Waals surface area contributed by atoms with Gasteiger partial charge >= 0.3 is 5.95 Å². The number of aromatic nitrogens is 1. The van der Waals surface area contributed by atoms with E-state index >= 15 is 0 Å². The first kappa shape index (κ1) is 8.37. The Bertz CT molecular complexity index is 169. The normalized spacial score (nSPS) is 8.22. The van der Waals surface area contributed by atoms with Crippen LogP contribution in [0.4, 0.5) is 4.39 Å². The number of hydrogen-bond acceptors (Lipinski definition) is 0. The van der Waals surface area contributed by atoms with Crippen molar-refractivity contribution in [3.8, 4) is 0 Å². The fourth-order valence-electron chi connectivity index (χ4n) is 0.503. The number of halogens is 2. The molecule has 0 saturated carbocycles. The smallest absolute Gasteiger partial charge is 0.359 e. The molecule has 50 valence electrons. The average molecular weight is 148 g/mol. The summed E-state index contributed by atoms with van der Waals surface area (Å²) in [5.74, 6) is -0.215. The third-order valence-corrected chi connectivity index (χ3v) is 0.991. The summed E-state index contributed by atoms with van der Waals surface area (Å²) in [6.45, 7) is 0. The van der Waals surface area contributed by atoms with E-state index in [0.29, 0.717) is 0 Å². The molecule has 0 amide bonds. The fourth-order valence-corrected chi connectivity index (χ4v) is 0.503. The number of nitrogens with zero attached hydrogens (tertiary/aromatic N) is 1. The van der Waals surface area contributed by atoms with Crippen LogP contribution < -0.4 is 17.0 Å². The van der Waals surface area contributed by atoms with Crippen LogP contribution in [0.25, 0.3) is 0 Å². The molecule has 0 bridgehead atoms. The van der Waals surface area contributed by atoms with Crippen molar-refractivity contribution in [1.29, 1.82) is 0 Å². The SMILES string of the molecule is C[n+]1ccccc1F.[Cl-]. The van der Waals surface area contributed by atoms with E-state index in [1.165, 1.54) is 10.6 Å². The third-order valence-electron chi connectivity index (χ3n) is 0.991. The van der Waals surface area contributed by atoms with Crippen molar-refractivity contribution < 1.29 is 21.4 Å². The summed E-state index contributed by atoms with van der Waals surface area (Å²) in [7, 11) is 1.66. The van der Waals surface area contributed by atoms with Crippen molar-refractivity contribution in [1.82, 2.24) is 0 Å². The predicted octanol–water partition coefficient (Wildman–Crippen LogP) is -2.35. The molecule has 0 spiro atoms. The Balaban J connectivity index is 0.000000640. The van der Waals surface area contributed by atoms with Crippen LogP contribution in [0.2, 0.25) is 0 Å². The first-order chi connectivity index (χ1) is 3.80. The van der Waals surface area contributed by atoms with Gasteiger partial charge in [0.05, 0.1) is 0 Å². The van der Waals surface area contributed by atoms with Gasteiger partial charge in [0.15, 0.2) is 6.20 Å². The van der Waals surface area contributed by atoms with Crippen LogP contribution in [0.1, 0.15) is 0 Å². The van der Waals surface area contributed by atoms with Crippen LogP contribution in [-0.2, 0) is 7.05 Å². The van der Waals surface area contributed by atoms with E-state index in [1.807, 2.05) is 0 Å². The highest BCUT2D eigenvalue weighted by Crippen LogP contribution is 1.83. The summed E-state index contributed by atoms with van der Waals surface area (Å²) in [4.78, 5) is 0. The molecule has 0 aromatic carbocycles. The Morgan fingerprint density at radius 1 is 1.44 bits per heavy atom. The Hall–Kier alpha value is -0.630. The van der Waals surface area contributed by atoms with Crippen molar-refractivity contribution >= 4 is 0 Å². The van der Waals surface area contributed by atoms with E-state index in [2.05, 4.69) is 0 Å². The van der Waals surface area contributed by atoms with Gasteiger partial charge in [-0.15, -0.1) is 4.39 Å². The molecule has 1 nitrogen and oxygen atoms in total. The van der Waals surface area contributed by atoms with Gasteiger partial charge in [0.2, 0.25) is 0 Å². The van der Waals surface area contributed by atoms with Crippen LogP contribution in [0.5, 0.6) is 0 Å². The third kappa shape index (κ3) is 1.98. The molecule has 0 aliphatic rings. The van der Waals surface area contributed by atoms with Gasteiger partial charge in [0, 0.05) is 12.1 Å². The second-order valence-electron chi connectivity index (χ2n) is 1.63. The molecule has 1 heterocycles. The second-order valence-corrected chi connectivity index (χ2v) is 1.63. The zero-order valence-electron chi connectivity index (χ0n) is 5.01. The van der Waals surface area contributed by atoms with Gasteiger partial charge in [-0.3, -0.25) is 0 Å². The van der Waals surface area contributed by atoms with Crippen molar-refractivity contribution in [2.24, 2.45) is 7.05 Å². The highest BCUT2D eigenvalue weighted by atomic mass is 35.5. The number of aryl methyl sites for hydroxylation is 1. The molecule has 0 aliphatic carbocycles. The molecule has 0 radical (unpaired) electrons. The molecular formula is C6H7ClFN. The van der Waals surface area contributed by atoms with Gasteiger partial charge in [-0.25, -0.2) is 0 Å². The molecule has 0 N–H and O–H groups in total. The average Bonchev–Trinajstić information content (AvgIpc) is 1.77. The maximum absolute atomic E-state index is 12.3. The predicted molar refractivity (Wildman–Crippen MR) is 27.6 cm³/mol. The van der Waals surface area contributed by atoms with E-state index in [9.17, 15) is 4.39 Å². The summed E-state index contributed by atoms with van der Waals surface area (Å²) < 4.78 is 13.7. The standard InChI is InChI=1S/C6H7FN.ClH/c1-8-5-3-2-4-6(8)7;/h2-5H,1H3;1H/q+1;/p-1. The summed E-state index contributed by atoms with van der Waals surface area (Å²) in [5.41, 5.74) is 0. The maximum atomic E-state index is 12.3. The van der Waals surface area contributed by atoms with Gasteiger partial charge < -0.3 is 12.4 Å². The lowest BCUT2D eigenvalue weighted by molar-refractivity contribution is -0.700. The molecule has 1 aromatic rings. The van der Waals surface area contributed by atoms with Gasteiger partial charge in [-0.1, -0.05) is 0 Å². The summed E-state index contributed by atoms with van der Waals surface area (Å²) in [6, 6.07) is 4.86. The van der Waals surface area contributed by atoms with Crippen LogP contribution in [0, 0.1) is 5.95 Å². The van der Waals surface area contributed by atoms with Gasteiger partial charge in [0.25, 0.3) is 0 Å². The minimum atomic E-state index is -0.215. The molecule has 3 heteroatoms. The monoisotopic (exact) mass is 147 g/mol. The molecule has 0 atom stereocenters. The molecule has 0 unspecified atom stereocenters. The lowest BCUT2D eigenvalue weighted by atomic mass is 10.5. The van der Waals surface area contributed by atoms with Crippen LogP contribution in [0.15, 0.2) is 24.4 Å². The Labute approximate surface area is 59.5 Å². The Morgan fingerprint density at radius 3 is 2.44 bits per heavy atom. The molecule has 0 aliphatic heterocycles. The molecule has 0 saturated heterocycles. The summed E-state index contributed by atoms with van der Waals surface area (Å²) in [6.07, 6.45) is 1.66. The zero-order valence-corrected chi connectivity index (χ0v) is 5.77. The van der Waals surface area contributed by atoms with Crippen molar-refractivity contribution in [2.45, 2.75) is 0 Å². The van der Waals surface area contributed by atoms with Crippen LogP contribution >= 0.6 is 0 Å². The molecule has 0 fully saturated rings. The van der Waals surface area contributed by atoms with Crippen molar-refractivity contribution in [3.63, 3.8) is 0 Å². The number of rotatable bonds is 0. The van der Waals surface area contributed by atoms with E-state index in [-0.39, 0.29) is 18.4 Å². The van der Waals surface area contributed by atoms with E-state index in [4.69, 9.17) is 0 Å². The quantitative estimate of drug-likeness (QED) is 0.286. The lowest BCUT2D eigenvalue weighted by Gasteiger charge is -1.83. The molecule has 1 rings (SSSR count). The van der Waals surface area contributed by atoms with Gasteiger partial charge in [-0.05, 0) is 6.07 Å². The van der Waals surface area contributed by atoms with E-state index in [0.717, 1.165) is 0 Å². The Morgan fingerprint density at radius 2 is 2.11 bits per heavy atom. The highest BCUT2D eigenvalue weighted by molar-refractivity contribution is 4.85.